The third-order valence-corrected chi connectivity index (χ3v) is 4.47. The number of carbonyl (C=O) groups excluding carboxylic acids is 1. The zero-order valence-electron chi connectivity index (χ0n) is 14.5. The number of rotatable bonds is 7. The number of amides is 1. The van der Waals surface area contributed by atoms with Crippen molar-refractivity contribution < 1.29 is 9.53 Å². The lowest BCUT2D eigenvalue weighted by Crippen LogP contribution is -2.48. The summed E-state index contributed by atoms with van der Waals surface area (Å²) in [5.41, 5.74) is 2.24. The first-order valence-electron chi connectivity index (χ1n) is 8.31. The molecule has 0 aliphatic carbocycles. The minimum absolute atomic E-state index is 0.0941. The van der Waals surface area contributed by atoms with Crippen LogP contribution in [0.25, 0.3) is 0 Å². The fourth-order valence-corrected chi connectivity index (χ4v) is 3.08. The average Bonchev–Trinajstić information content (AvgIpc) is 2.54. The van der Waals surface area contributed by atoms with Gasteiger partial charge in [0.05, 0.1) is 13.2 Å². The predicted octanol–water partition coefficient (Wildman–Crippen LogP) is 1.48. The lowest BCUT2D eigenvalue weighted by molar-refractivity contribution is -0.122. The molecule has 1 N–H and O–H groups in total. The van der Waals surface area contributed by atoms with E-state index in [0.29, 0.717) is 25.7 Å². The summed E-state index contributed by atoms with van der Waals surface area (Å²) >= 11 is 0. The Balaban J connectivity index is 1.81. The zero-order valence-corrected chi connectivity index (χ0v) is 14.5. The molecule has 1 aromatic carbocycles. The van der Waals surface area contributed by atoms with Gasteiger partial charge in [-0.05, 0) is 44.6 Å². The van der Waals surface area contributed by atoms with E-state index in [1.165, 1.54) is 6.42 Å². The molecular weight excluding hydrogens is 290 g/mol. The molecule has 5 heteroatoms. The Labute approximate surface area is 139 Å². The molecule has 0 aromatic heterocycles. The molecule has 0 bridgehead atoms. The quantitative estimate of drug-likeness (QED) is 0.827. The van der Waals surface area contributed by atoms with Gasteiger partial charge in [0.2, 0.25) is 5.91 Å². The highest BCUT2D eigenvalue weighted by Crippen LogP contribution is 2.13. The van der Waals surface area contributed by atoms with Crippen molar-refractivity contribution in [3.05, 3.63) is 35.4 Å². The number of nitrogens with zero attached hydrogens (tertiary/aromatic N) is 2. The number of benzene rings is 1. The lowest BCUT2D eigenvalue weighted by Gasteiger charge is -2.35. The van der Waals surface area contributed by atoms with Crippen molar-refractivity contribution in [3.8, 4) is 0 Å². The van der Waals surface area contributed by atoms with E-state index in [9.17, 15) is 4.79 Å². The highest BCUT2D eigenvalue weighted by Gasteiger charge is 2.22. The lowest BCUT2D eigenvalue weighted by atomic mass is 10.0. The Bertz CT molecular complexity index is 505. The summed E-state index contributed by atoms with van der Waals surface area (Å²) in [7, 11) is 5.91. The zero-order chi connectivity index (χ0) is 16.7. The number of hydrogen-bond acceptors (Lipinski definition) is 4. The summed E-state index contributed by atoms with van der Waals surface area (Å²) in [5, 5.41) is 3.04. The van der Waals surface area contributed by atoms with E-state index in [0.717, 1.165) is 30.6 Å². The highest BCUT2D eigenvalue weighted by atomic mass is 16.5. The third-order valence-electron chi connectivity index (χ3n) is 4.47. The van der Waals surface area contributed by atoms with Gasteiger partial charge in [0.25, 0.3) is 0 Å². The molecule has 1 unspecified atom stereocenters. The Kier molecular flexibility index (Phi) is 7.02. The number of carbonyl (C=O) groups is 1. The molecule has 0 radical (unpaired) electrons. The summed E-state index contributed by atoms with van der Waals surface area (Å²) in [5.74, 6) is 0.0941. The van der Waals surface area contributed by atoms with Crippen LogP contribution in [0.2, 0.25) is 0 Å². The van der Waals surface area contributed by atoms with E-state index in [2.05, 4.69) is 29.2 Å². The fraction of sp³-hybridized carbons (Fsp3) is 0.611. The molecule has 0 spiro atoms. The minimum Gasteiger partial charge on any atom is -0.380 e. The van der Waals surface area contributed by atoms with Crippen LogP contribution in [0.5, 0.6) is 0 Å². The molecule has 1 aliphatic rings. The molecule has 1 fully saturated rings. The van der Waals surface area contributed by atoms with Crippen LogP contribution in [0, 0.1) is 0 Å². The Hall–Kier alpha value is -1.43. The molecule has 1 saturated heterocycles. The van der Waals surface area contributed by atoms with E-state index in [-0.39, 0.29) is 5.91 Å². The van der Waals surface area contributed by atoms with Crippen molar-refractivity contribution in [2.24, 2.45) is 0 Å². The molecule has 1 aliphatic heterocycles. The van der Waals surface area contributed by atoms with Gasteiger partial charge >= 0.3 is 0 Å². The first-order valence-corrected chi connectivity index (χ1v) is 8.31. The first kappa shape index (κ1) is 17.9. The van der Waals surface area contributed by atoms with Crippen molar-refractivity contribution in [2.45, 2.75) is 32.0 Å². The van der Waals surface area contributed by atoms with Crippen molar-refractivity contribution >= 4 is 5.91 Å². The average molecular weight is 319 g/mol. The SMILES string of the molecule is COCc1ccccc1CNC(=O)CN1CCCC(N(C)C)C1. The minimum atomic E-state index is 0.0941. The van der Waals surface area contributed by atoms with Crippen molar-refractivity contribution in [3.63, 3.8) is 0 Å². The van der Waals surface area contributed by atoms with E-state index in [1.807, 2.05) is 24.3 Å². The molecule has 1 amide bonds. The fourth-order valence-electron chi connectivity index (χ4n) is 3.08. The topological polar surface area (TPSA) is 44.8 Å². The highest BCUT2D eigenvalue weighted by molar-refractivity contribution is 5.78. The maximum atomic E-state index is 12.2. The molecule has 0 saturated carbocycles. The van der Waals surface area contributed by atoms with Crippen LogP contribution < -0.4 is 5.32 Å². The molecule has 2 rings (SSSR count). The molecule has 1 aromatic rings. The van der Waals surface area contributed by atoms with Crippen LogP contribution in [-0.4, -0.2) is 62.6 Å². The van der Waals surface area contributed by atoms with Gasteiger partial charge in [-0.3, -0.25) is 9.69 Å². The molecular formula is C18H29N3O2. The Morgan fingerprint density at radius 1 is 1.35 bits per heavy atom. The van der Waals surface area contributed by atoms with Gasteiger partial charge in [-0.1, -0.05) is 24.3 Å². The van der Waals surface area contributed by atoms with Crippen LogP contribution in [0.4, 0.5) is 0 Å². The van der Waals surface area contributed by atoms with Gasteiger partial charge in [0, 0.05) is 26.2 Å². The van der Waals surface area contributed by atoms with E-state index in [4.69, 9.17) is 4.74 Å². The third kappa shape index (κ3) is 5.61. The number of nitrogens with one attached hydrogen (secondary N) is 1. The van der Waals surface area contributed by atoms with Gasteiger partial charge < -0.3 is 15.0 Å². The molecule has 1 heterocycles. The number of likely N-dealkylation sites (N-methyl/N-ethyl adjacent to an activating group) is 1. The molecule has 23 heavy (non-hydrogen) atoms. The van der Waals surface area contributed by atoms with Gasteiger partial charge in [-0.25, -0.2) is 0 Å². The largest absolute Gasteiger partial charge is 0.380 e. The second kappa shape index (κ2) is 9.01. The summed E-state index contributed by atoms with van der Waals surface area (Å²) in [6.07, 6.45) is 2.38. The Morgan fingerprint density at radius 3 is 2.78 bits per heavy atom. The summed E-state index contributed by atoms with van der Waals surface area (Å²) in [4.78, 5) is 16.7. The molecule has 5 nitrogen and oxygen atoms in total. The van der Waals surface area contributed by atoms with Crippen LogP contribution >= 0.6 is 0 Å². The van der Waals surface area contributed by atoms with Crippen LogP contribution in [0.15, 0.2) is 24.3 Å². The Morgan fingerprint density at radius 2 is 2.09 bits per heavy atom. The van der Waals surface area contributed by atoms with Crippen molar-refractivity contribution in [1.82, 2.24) is 15.1 Å². The first-order chi connectivity index (χ1) is 11.1. The van der Waals surface area contributed by atoms with Crippen molar-refractivity contribution in [1.29, 1.82) is 0 Å². The van der Waals surface area contributed by atoms with Crippen molar-refractivity contribution in [2.75, 3.05) is 40.8 Å². The van der Waals surface area contributed by atoms with E-state index in [1.54, 1.807) is 7.11 Å². The second-order valence-electron chi connectivity index (χ2n) is 6.47. The van der Waals surface area contributed by atoms with Gasteiger partial charge in [0.15, 0.2) is 0 Å². The standard InChI is InChI=1S/C18H29N3O2/c1-20(2)17-9-6-10-21(12-17)13-18(22)19-11-15-7-4-5-8-16(15)14-23-3/h4-5,7-8,17H,6,9-14H2,1-3H3,(H,19,22). The number of ether oxygens (including phenoxy) is 1. The summed E-state index contributed by atoms with van der Waals surface area (Å²) in [6, 6.07) is 8.62. The maximum Gasteiger partial charge on any atom is 0.234 e. The number of likely N-dealkylation sites (tertiary alicyclic amines) is 1. The van der Waals surface area contributed by atoms with Gasteiger partial charge in [-0.2, -0.15) is 0 Å². The van der Waals surface area contributed by atoms with Crippen LogP contribution in [0.1, 0.15) is 24.0 Å². The normalized spacial score (nSPS) is 19.0. The van der Waals surface area contributed by atoms with Gasteiger partial charge in [-0.15, -0.1) is 0 Å². The molecule has 128 valence electrons. The van der Waals surface area contributed by atoms with E-state index >= 15 is 0 Å². The maximum absolute atomic E-state index is 12.2. The number of methoxy groups -OCH3 is 1. The smallest absolute Gasteiger partial charge is 0.234 e. The summed E-state index contributed by atoms with van der Waals surface area (Å²) < 4.78 is 5.21. The monoisotopic (exact) mass is 319 g/mol. The van der Waals surface area contributed by atoms with Crippen LogP contribution in [0.3, 0.4) is 0 Å². The molecule has 1 atom stereocenters. The predicted molar refractivity (Wildman–Crippen MR) is 92.2 cm³/mol. The van der Waals surface area contributed by atoms with Crippen LogP contribution in [-0.2, 0) is 22.7 Å². The summed E-state index contributed by atoms with van der Waals surface area (Å²) in [6.45, 7) is 3.60. The van der Waals surface area contributed by atoms with E-state index < -0.39 is 0 Å². The number of piperidine rings is 1. The number of hydrogen-bond donors (Lipinski definition) is 1. The second-order valence-corrected chi connectivity index (χ2v) is 6.47. The van der Waals surface area contributed by atoms with Gasteiger partial charge in [0.1, 0.15) is 0 Å².